The van der Waals surface area contributed by atoms with Gasteiger partial charge in [0.15, 0.2) is 0 Å². The van der Waals surface area contributed by atoms with E-state index >= 15 is 0 Å². The minimum absolute atomic E-state index is 0.0485. The van der Waals surface area contributed by atoms with Crippen molar-refractivity contribution in [3.8, 4) is 6.07 Å². The molecule has 41 heavy (non-hydrogen) atoms. The number of carbonyl (C=O) groups is 4. The Balaban J connectivity index is 1.51. The van der Waals surface area contributed by atoms with E-state index < -0.39 is 35.5 Å². The van der Waals surface area contributed by atoms with Crippen LogP contribution in [0.25, 0.3) is 0 Å². The van der Waals surface area contributed by atoms with Crippen LogP contribution < -0.4 is 10.6 Å². The predicted octanol–water partition coefficient (Wildman–Crippen LogP) is 3.58. The molecule has 10 nitrogen and oxygen atoms in total. The first-order valence-corrected chi connectivity index (χ1v) is 14.0. The van der Waals surface area contributed by atoms with Gasteiger partial charge < -0.3 is 25.2 Å². The van der Waals surface area contributed by atoms with Crippen LogP contribution in [0.15, 0.2) is 54.6 Å². The van der Waals surface area contributed by atoms with Crippen molar-refractivity contribution in [1.82, 2.24) is 15.1 Å². The number of nitrogens with zero attached hydrogens (tertiary/aromatic N) is 3. The van der Waals surface area contributed by atoms with Crippen LogP contribution in [-0.4, -0.2) is 64.8 Å². The number of rotatable bonds is 9. The molecule has 1 fully saturated rings. The van der Waals surface area contributed by atoms with Gasteiger partial charge in [0.05, 0.1) is 11.5 Å². The van der Waals surface area contributed by atoms with Crippen LogP contribution in [0.2, 0.25) is 0 Å². The molecule has 2 heterocycles. The molecule has 0 radical (unpaired) electrons. The molecule has 2 aromatic carbocycles. The lowest BCUT2D eigenvalue weighted by atomic mass is 9.80. The summed E-state index contributed by atoms with van der Waals surface area (Å²) < 4.78 is 5.27. The van der Waals surface area contributed by atoms with Crippen LogP contribution in [0, 0.1) is 17.2 Å². The van der Waals surface area contributed by atoms with E-state index in [2.05, 4.69) is 16.7 Å². The number of alkyl carbamates (subject to hydrolysis) is 1. The lowest BCUT2D eigenvalue weighted by Crippen LogP contribution is -2.57. The molecule has 1 saturated heterocycles. The Morgan fingerprint density at radius 2 is 1.83 bits per heavy atom. The largest absolute Gasteiger partial charge is 0.445 e. The smallest absolute Gasteiger partial charge is 0.408 e. The van der Waals surface area contributed by atoms with Crippen molar-refractivity contribution in [2.75, 3.05) is 18.4 Å². The SMILES string of the molecule is CCN(C(=O)[C@H](C)NC(=O)OCc1ccccc1)[C@@H](CC(C)C)C(=O)N1C[C@]2(C[C@H]1C#N)C(=O)Nc1ccccc12. The van der Waals surface area contributed by atoms with E-state index in [1.165, 1.54) is 9.80 Å². The summed E-state index contributed by atoms with van der Waals surface area (Å²) >= 11 is 0. The predicted molar refractivity (Wildman–Crippen MR) is 152 cm³/mol. The molecule has 1 spiro atoms. The molecule has 0 aromatic heterocycles. The minimum atomic E-state index is -1.02. The normalized spacial score (nSPS) is 20.6. The second-order valence-corrected chi connectivity index (χ2v) is 11.1. The van der Waals surface area contributed by atoms with E-state index in [1.807, 2.05) is 68.4 Å². The van der Waals surface area contributed by atoms with E-state index in [9.17, 15) is 24.4 Å². The molecule has 4 amide bonds. The maximum Gasteiger partial charge on any atom is 0.408 e. The molecule has 4 atom stereocenters. The van der Waals surface area contributed by atoms with Crippen LogP contribution in [-0.2, 0) is 31.1 Å². The monoisotopic (exact) mass is 559 g/mol. The number of nitrogens with one attached hydrogen (secondary N) is 2. The van der Waals surface area contributed by atoms with E-state index in [1.54, 1.807) is 13.8 Å². The number of likely N-dealkylation sites (tertiary alicyclic amines) is 1. The number of hydrogen-bond donors (Lipinski definition) is 2. The Morgan fingerprint density at radius 1 is 1.15 bits per heavy atom. The van der Waals surface area contributed by atoms with Crippen molar-refractivity contribution in [1.29, 1.82) is 5.26 Å². The second-order valence-electron chi connectivity index (χ2n) is 11.1. The highest BCUT2D eigenvalue weighted by molar-refractivity contribution is 6.07. The number of amides is 4. The molecule has 0 bridgehead atoms. The molecule has 4 rings (SSSR count). The second kappa shape index (κ2) is 12.4. The van der Waals surface area contributed by atoms with Gasteiger partial charge in [-0.05, 0) is 43.4 Å². The fourth-order valence-electron chi connectivity index (χ4n) is 5.77. The van der Waals surface area contributed by atoms with Crippen LogP contribution in [0.1, 0.15) is 51.7 Å². The minimum Gasteiger partial charge on any atom is -0.445 e. The topological polar surface area (TPSA) is 132 Å². The summed E-state index contributed by atoms with van der Waals surface area (Å²) in [5.74, 6) is -0.995. The van der Waals surface area contributed by atoms with Crippen LogP contribution in [0.5, 0.6) is 0 Å². The van der Waals surface area contributed by atoms with Crippen molar-refractivity contribution < 1.29 is 23.9 Å². The molecule has 2 aliphatic heterocycles. The number of ether oxygens (including phenoxy) is 1. The van der Waals surface area contributed by atoms with Gasteiger partial charge in [-0.15, -0.1) is 0 Å². The highest BCUT2D eigenvalue weighted by Gasteiger charge is 2.56. The Hall–Kier alpha value is -4.39. The molecule has 216 valence electrons. The first-order chi connectivity index (χ1) is 19.6. The van der Waals surface area contributed by atoms with Crippen molar-refractivity contribution in [2.45, 2.75) is 70.7 Å². The number of anilines is 1. The Morgan fingerprint density at radius 3 is 2.49 bits per heavy atom. The molecule has 0 aliphatic carbocycles. The number of likely N-dealkylation sites (N-methyl/N-ethyl adjacent to an activating group) is 1. The van der Waals surface area contributed by atoms with Gasteiger partial charge in [-0.3, -0.25) is 14.4 Å². The van der Waals surface area contributed by atoms with Crippen molar-refractivity contribution in [3.05, 3.63) is 65.7 Å². The Labute approximate surface area is 240 Å². The molecular weight excluding hydrogens is 522 g/mol. The molecule has 2 aromatic rings. The summed E-state index contributed by atoms with van der Waals surface area (Å²) in [5.41, 5.74) is 1.25. The van der Waals surface area contributed by atoms with E-state index in [0.717, 1.165) is 11.1 Å². The van der Waals surface area contributed by atoms with Crippen LogP contribution in [0.3, 0.4) is 0 Å². The summed E-state index contributed by atoms with van der Waals surface area (Å²) in [7, 11) is 0. The number of benzene rings is 2. The molecule has 0 saturated carbocycles. The fourth-order valence-corrected chi connectivity index (χ4v) is 5.77. The quantitative estimate of drug-likeness (QED) is 0.483. The fraction of sp³-hybridized carbons (Fsp3) is 0.452. The van der Waals surface area contributed by atoms with Gasteiger partial charge in [0, 0.05) is 25.2 Å². The standard InChI is InChI=1S/C31H37N5O5/c1-5-35(27(37)21(4)33-30(40)41-18-22-11-7-6-8-12-22)26(15-20(2)3)28(38)36-19-31(16-23(36)17-32)24-13-9-10-14-25(24)34-29(31)39/h6-14,20-21,23,26H,5,15-16,18-19H2,1-4H3,(H,33,40)(H,34,39)/t21-,23-,26-,31-/m0/s1. The molecule has 2 aliphatic rings. The zero-order valence-electron chi connectivity index (χ0n) is 23.9. The van der Waals surface area contributed by atoms with Gasteiger partial charge in [-0.2, -0.15) is 5.26 Å². The summed E-state index contributed by atoms with van der Waals surface area (Å²) in [4.78, 5) is 56.3. The molecule has 2 N–H and O–H groups in total. The zero-order chi connectivity index (χ0) is 29.7. The molecule has 0 unspecified atom stereocenters. The third kappa shape index (κ3) is 6.04. The molecular formula is C31H37N5O5. The van der Waals surface area contributed by atoms with Gasteiger partial charge in [0.1, 0.15) is 24.7 Å². The maximum absolute atomic E-state index is 14.2. The van der Waals surface area contributed by atoms with Crippen LogP contribution in [0.4, 0.5) is 10.5 Å². The number of fused-ring (bicyclic) bond motifs is 2. The lowest BCUT2D eigenvalue weighted by Gasteiger charge is -2.36. The lowest BCUT2D eigenvalue weighted by molar-refractivity contribution is -0.147. The van der Waals surface area contributed by atoms with Crippen LogP contribution >= 0.6 is 0 Å². The van der Waals surface area contributed by atoms with Crippen molar-refractivity contribution in [3.63, 3.8) is 0 Å². The summed E-state index contributed by atoms with van der Waals surface area (Å²) in [6.45, 7) is 7.55. The summed E-state index contributed by atoms with van der Waals surface area (Å²) in [5, 5.41) is 15.5. The van der Waals surface area contributed by atoms with Gasteiger partial charge in [-0.25, -0.2) is 4.79 Å². The number of hydrogen-bond acceptors (Lipinski definition) is 6. The Bertz CT molecular complexity index is 1340. The van der Waals surface area contributed by atoms with Gasteiger partial charge in [0.25, 0.3) is 0 Å². The summed E-state index contributed by atoms with van der Waals surface area (Å²) in [6, 6.07) is 16.1. The highest BCUT2D eigenvalue weighted by Crippen LogP contribution is 2.46. The van der Waals surface area contributed by atoms with E-state index in [4.69, 9.17) is 4.74 Å². The van der Waals surface area contributed by atoms with Gasteiger partial charge in [-0.1, -0.05) is 62.4 Å². The summed E-state index contributed by atoms with van der Waals surface area (Å²) in [6.07, 6.45) is -0.208. The average molecular weight is 560 g/mol. The van der Waals surface area contributed by atoms with Gasteiger partial charge in [0.2, 0.25) is 17.7 Å². The number of nitriles is 1. The first-order valence-electron chi connectivity index (χ1n) is 14.0. The van der Waals surface area contributed by atoms with E-state index in [0.29, 0.717) is 12.1 Å². The first kappa shape index (κ1) is 29.6. The highest BCUT2D eigenvalue weighted by atomic mass is 16.5. The third-order valence-corrected chi connectivity index (χ3v) is 7.81. The van der Waals surface area contributed by atoms with E-state index in [-0.39, 0.29) is 43.8 Å². The Kier molecular flexibility index (Phi) is 8.96. The average Bonchev–Trinajstić information content (AvgIpc) is 3.49. The molecule has 10 heteroatoms. The third-order valence-electron chi connectivity index (χ3n) is 7.81. The maximum atomic E-state index is 14.2. The number of carbonyl (C=O) groups excluding carboxylic acids is 4. The zero-order valence-corrected chi connectivity index (χ0v) is 23.9. The van der Waals surface area contributed by atoms with Crippen molar-refractivity contribution in [2.24, 2.45) is 5.92 Å². The number of para-hydroxylation sites is 1. The van der Waals surface area contributed by atoms with Gasteiger partial charge >= 0.3 is 6.09 Å². The van der Waals surface area contributed by atoms with Crippen molar-refractivity contribution >= 4 is 29.5 Å².